The fourth-order valence-corrected chi connectivity index (χ4v) is 2.88. The van der Waals surface area contributed by atoms with Gasteiger partial charge in [0.1, 0.15) is 0 Å². The fourth-order valence-electron chi connectivity index (χ4n) is 2.31. The summed E-state index contributed by atoms with van der Waals surface area (Å²) in [5.41, 5.74) is 5.21. The van der Waals surface area contributed by atoms with E-state index in [0.29, 0.717) is 0 Å². The van der Waals surface area contributed by atoms with E-state index in [1.807, 2.05) is 18.2 Å². The highest BCUT2D eigenvalue weighted by Crippen LogP contribution is 2.23. The predicted octanol–water partition coefficient (Wildman–Crippen LogP) is 4.31. The third-order valence-corrected chi connectivity index (χ3v) is 3.91. The molecule has 1 heteroatoms. The van der Waals surface area contributed by atoms with Gasteiger partial charge in [-0.05, 0) is 40.4 Å². The normalized spacial score (nSPS) is 10.2. The van der Waals surface area contributed by atoms with Gasteiger partial charge < -0.3 is 0 Å². The molecular formula is C18H19P. The minimum Gasteiger partial charge on any atom is -0.105 e. The van der Waals surface area contributed by atoms with Gasteiger partial charge in [-0.15, -0.1) is 22.4 Å². The Balaban J connectivity index is 2.56. The Morgan fingerprint density at radius 3 is 2.21 bits per heavy atom. The highest BCUT2D eigenvalue weighted by Gasteiger charge is 2.09. The lowest BCUT2D eigenvalue weighted by atomic mass is 9.95. The van der Waals surface area contributed by atoms with Crippen molar-refractivity contribution in [2.75, 3.05) is 0 Å². The lowest BCUT2D eigenvalue weighted by Crippen LogP contribution is -2.09. The lowest BCUT2D eigenvalue weighted by Gasteiger charge is -2.14. The summed E-state index contributed by atoms with van der Waals surface area (Å²) in [6.07, 6.45) is 5.71. The van der Waals surface area contributed by atoms with E-state index in [0.717, 1.165) is 12.8 Å². The van der Waals surface area contributed by atoms with Crippen LogP contribution in [0.1, 0.15) is 11.1 Å². The lowest BCUT2D eigenvalue weighted by molar-refractivity contribution is 1.17. The van der Waals surface area contributed by atoms with Crippen LogP contribution in [0.2, 0.25) is 0 Å². The SMILES string of the molecule is C=CCc1ccc(-c2ccccc2)c(P)c1CC=C. The fraction of sp³-hybridized carbons (Fsp3) is 0.111. The third kappa shape index (κ3) is 3.03. The molecule has 0 fully saturated rings. The summed E-state index contributed by atoms with van der Waals surface area (Å²) >= 11 is 0. The zero-order chi connectivity index (χ0) is 13.7. The average Bonchev–Trinajstić information content (AvgIpc) is 2.44. The van der Waals surface area contributed by atoms with Gasteiger partial charge in [-0.3, -0.25) is 0 Å². The molecule has 0 spiro atoms. The van der Waals surface area contributed by atoms with Crippen molar-refractivity contribution in [2.45, 2.75) is 12.8 Å². The molecule has 0 aliphatic rings. The van der Waals surface area contributed by atoms with Crippen molar-refractivity contribution in [2.24, 2.45) is 0 Å². The molecule has 0 saturated carbocycles. The molecule has 2 aromatic carbocycles. The van der Waals surface area contributed by atoms with Crippen molar-refractivity contribution < 1.29 is 0 Å². The summed E-state index contributed by atoms with van der Waals surface area (Å²) in [6, 6.07) is 14.9. The average molecular weight is 266 g/mol. The summed E-state index contributed by atoms with van der Waals surface area (Å²) in [7, 11) is 2.89. The van der Waals surface area contributed by atoms with Crippen molar-refractivity contribution in [1.29, 1.82) is 0 Å². The third-order valence-electron chi connectivity index (χ3n) is 3.25. The highest BCUT2D eigenvalue weighted by atomic mass is 31.0. The number of benzene rings is 2. The first-order valence-electron chi connectivity index (χ1n) is 6.45. The number of hydrogen-bond acceptors (Lipinski definition) is 0. The Kier molecular flexibility index (Phi) is 4.71. The van der Waals surface area contributed by atoms with Gasteiger partial charge in [0.05, 0.1) is 0 Å². The molecule has 0 aromatic heterocycles. The standard InChI is InChI=1S/C18H19P/c1-3-8-14-12-13-17(15-10-6-5-7-11-15)18(19)16(14)9-4-2/h3-7,10-13H,1-2,8-9,19H2. The quantitative estimate of drug-likeness (QED) is 0.559. The zero-order valence-electron chi connectivity index (χ0n) is 11.1. The molecule has 1 atom stereocenters. The van der Waals surface area contributed by atoms with E-state index in [1.54, 1.807) is 0 Å². The van der Waals surface area contributed by atoms with Gasteiger partial charge in [0.15, 0.2) is 0 Å². The van der Waals surface area contributed by atoms with Crippen molar-refractivity contribution in [3.8, 4) is 11.1 Å². The predicted molar refractivity (Wildman–Crippen MR) is 89.0 cm³/mol. The molecule has 0 amide bonds. The molecule has 0 aliphatic carbocycles. The summed E-state index contributed by atoms with van der Waals surface area (Å²) in [6.45, 7) is 7.70. The highest BCUT2D eigenvalue weighted by molar-refractivity contribution is 7.28. The van der Waals surface area contributed by atoms with Gasteiger partial charge in [-0.1, -0.05) is 54.6 Å². The van der Waals surface area contributed by atoms with Crippen LogP contribution in [0.5, 0.6) is 0 Å². The molecule has 96 valence electrons. The van der Waals surface area contributed by atoms with Crippen LogP contribution in [0.15, 0.2) is 67.8 Å². The van der Waals surface area contributed by atoms with E-state index in [-0.39, 0.29) is 0 Å². The largest absolute Gasteiger partial charge is 0.105 e. The Hall–Kier alpha value is -1.65. The molecular weight excluding hydrogens is 247 g/mol. The van der Waals surface area contributed by atoms with Crippen LogP contribution < -0.4 is 5.30 Å². The Morgan fingerprint density at radius 2 is 1.58 bits per heavy atom. The first-order valence-corrected chi connectivity index (χ1v) is 7.03. The summed E-state index contributed by atoms with van der Waals surface area (Å²) in [5.74, 6) is 0. The Bertz CT molecular complexity index is 582. The maximum Gasteiger partial charge on any atom is -0.00909 e. The van der Waals surface area contributed by atoms with Gasteiger partial charge in [0, 0.05) is 0 Å². The Morgan fingerprint density at radius 1 is 0.895 bits per heavy atom. The molecule has 0 nitrogen and oxygen atoms in total. The molecule has 0 saturated heterocycles. The molecule has 2 rings (SSSR count). The van der Waals surface area contributed by atoms with E-state index in [4.69, 9.17) is 0 Å². The maximum atomic E-state index is 3.87. The molecule has 1 unspecified atom stereocenters. The summed E-state index contributed by atoms with van der Waals surface area (Å²) in [5, 5.41) is 1.27. The van der Waals surface area contributed by atoms with Gasteiger partial charge in [-0.2, -0.15) is 0 Å². The second-order valence-electron chi connectivity index (χ2n) is 4.52. The molecule has 0 heterocycles. The van der Waals surface area contributed by atoms with E-state index < -0.39 is 0 Å². The van der Waals surface area contributed by atoms with Crippen molar-refractivity contribution >= 4 is 14.5 Å². The topological polar surface area (TPSA) is 0 Å². The second kappa shape index (κ2) is 6.50. The first kappa shape index (κ1) is 13.8. The van der Waals surface area contributed by atoms with E-state index >= 15 is 0 Å². The summed E-state index contributed by atoms with van der Waals surface area (Å²) < 4.78 is 0. The van der Waals surface area contributed by atoms with Crippen LogP contribution in [-0.2, 0) is 12.8 Å². The van der Waals surface area contributed by atoms with E-state index in [2.05, 4.69) is 58.8 Å². The van der Waals surface area contributed by atoms with E-state index in [1.165, 1.54) is 27.6 Å². The van der Waals surface area contributed by atoms with Crippen LogP contribution in [0.4, 0.5) is 0 Å². The number of rotatable bonds is 5. The monoisotopic (exact) mass is 266 g/mol. The van der Waals surface area contributed by atoms with Gasteiger partial charge in [0.25, 0.3) is 0 Å². The number of allylic oxidation sites excluding steroid dienone is 2. The molecule has 0 aliphatic heterocycles. The number of hydrogen-bond donors (Lipinski definition) is 0. The molecule has 2 aromatic rings. The molecule has 0 radical (unpaired) electrons. The van der Waals surface area contributed by atoms with Crippen LogP contribution in [0, 0.1) is 0 Å². The van der Waals surface area contributed by atoms with Crippen molar-refractivity contribution in [3.63, 3.8) is 0 Å². The molecule has 19 heavy (non-hydrogen) atoms. The van der Waals surface area contributed by atoms with Crippen LogP contribution in [0.25, 0.3) is 11.1 Å². The smallest absolute Gasteiger partial charge is 0.00909 e. The minimum absolute atomic E-state index is 0.892. The van der Waals surface area contributed by atoms with Crippen LogP contribution in [-0.4, -0.2) is 0 Å². The molecule has 0 bridgehead atoms. The van der Waals surface area contributed by atoms with Gasteiger partial charge in [0.2, 0.25) is 0 Å². The Labute approximate surface area is 118 Å². The van der Waals surface area contributed by atoms with E-state index in [9.17, 15) is 0 Å². The first-order chi connectivity index (χ1) is 9.27. The van der Waals surface area contributed by atoms with Gasteiger partial charge >= 0.3 is 0 Å². The van der Waals surface area contributed by atoms with Crippen LogP contribution in [0.3, 0.4) is 0 Å². The minimum atomic E-state index is 0.892. The molecule has 0 N–H and O–H groups in total. The van der Waals surface area contributed by atoms with Crippen molar-refractivity contribution in [1.82, 2.24) is 0 Å². The zero-order valence-corrected chi connectivity index (χ0v) is 12.3. The summed E-state index contributed by atoms with van der Waals surface area (Å²) in [4.78, 5) is 0. The van der Waals surface area contributed by atoms with Crippen LogP contribution >= 0.6 is 9.24 Å². The van der Waals surface area contributed by atoms with Gasteiger partial charge in [-0.25, -0.2) is 0 Å². The second-order valence-corrected chi connectivity index (χ2v) is 5.09. The maximum absolute atomic E-state index is 3.87. The van der Waals surface area contributed by atoms with Crippen molar-refractivity contribution in [3.05, 3.63) is 78.9 Å².